The molecule has 1 atom stereocenters. The predicted octanol–water partition coefficient (Wildman–Crippen LogP) is 4.40. The van der Waals surface area contributed by atoms with Crippen molar-refractivity contribution >= 4 is 17.5 Å². The van der Waals surface area contributed by atoms with Crippen molar-refractivity contribution in [3.63, 3.8) is 0 Å². The molecule has 3 heterocycles. The second-order valence-electron chi connectivity index (χ2n) is 7.12. The first-order valence-corrected chi connectivity index (χ1v) is 9.60. The maximum atomic E-state index is 13.2. The molecular weight excluding hydrogens is 419 g/mol. The second-order valence-corrected chi connectivity index (χ2v) is 7.49. The minimum Gasteiger partial charge on any atom is -0.330 e. The van der Waals surface area contributed by atoms with E-state index in [0.717, 1.165) is 17.3 Å². The molecule has 4 rings (SSSR count). The van der Waals surface area contributed by atoms with Crippen LogP contribution >= 0.6 is 11.6 Å². The number of fused-ring (bicyclic) bond motifs is 1. The molecule has 6 nitrogen and oxygen atoms in total. The number of rotatable bonds is 2. The summed E-state index contributed by atoms with van der Waals surface area (Å²) in [5, 5.41) is 7.78. The van der Waals surface area contributed by atoms with E-state index in [1.807, 2.05) is 19.1 Å². The van der Waals surface area contributed by atoms with Gasteiger partial charge in [-0.05, 0) is 37.6 Å². The van der Waals surface area contributed by atoms with Crippen LogP contribution in [0.2, 0.25) is 5.02 Å². The zero-order chi connectivity index (χ0) is 21.6. The number of alkyl halides is 3. The highest BCUT2D eigenvalue weighted by atomic mass is 35.5. The Kier molecular flexibility index (Phi) is 5.01. The molecule has 156 valence electrons. The van der Waals surface area contributed by atoms with Gasteiger partial charge in [0, 0.05) is 19.2 Å². The van der Waals surface area contributed by atoms with Gasteiger partial charge < -0.3 is 4.90 Å². The Labute approximate surface area is 175 Å². The van der Waals surface area contributed by atoms with Crippen LogP contribution in [0.3, 0.4) is 0 Å². The number of hydrogen-bond donors (Lipinski definition) is 0. The van der Waals surface area contributed by atoms with Crippen LogP contribution in [0.25, 0.3) is 5.82 Å². The minimum absolute atomic E-state index is 0.186. The number of nitrogens with zero attached hydrogens (tertiary/aromatic N) is 5. The van der Waals surface area contributed by atoms with E-state index >= 15 is 0 Å². The van der Waals surface area contributed by atoms with Crippen LogP contribution in [0, 0.1) is 6.92 Å². The molecule has 1 amide bonds. The van der Waals surface area contributed by atoms with Gasteiger partial charge in [0.15, 0.2) is 5.82 Å². The zero-order valence-electron chi connectivity index (χ0n) is 16.1. The lowest BCUT2D eigenvalue weighted by Gasteiger charge is -2.33. The van der Waals surface area contributed by atoms with Crippen LogP contribution in [-0.4, -0.2) is 37.3 Å². The van der Waals surface area contributed by atoms with Crippen molar-refractivity contribution < 1.29 is 18.0 Å². The van der Waals surface area contributed by atoms with Gasteiger partial charge in [0.1, 0.15) is 5.69 Å². The van der Waals surface area contributed by atoms with E-state index in [1.165, 1.54) is 17.0 Å². The topological polar surface area (TPSA) is 63.9 Å². The molecule has 0 aliphatic carbocycles. The molecule has 10 heteroatoms. The lowest BCUT2D eigenvalue weighted by molar-refractivity contribution is -0.137. The summed E-state index contributed by atoms with van der Waals surface area (Å²) >= 11 is 5.94. The summed E-state index contributed by atoms with van der Waals surface area (Å²) in [4.78, 5) is 18.9. The molecule has 0 saturated carbocycles. The highest BCUT2D eigenvalue weighted by molar-refractivity contribution is 6.34. The Morgan fingerprint density at radius 2 is 2.00 bits per heavy atom. The van der Waals surface area contributed by atoms with Gasteiger partial charge in [-0.1, -0.05) is 28.9 Å². The fourth-order valence-corrected chi connectivity index (χ4v) is 3.87. The Bertz CT molecular complexity index is 1110. The number of halogens is 4. The first kappa shape index (κ1) is 20.3. The molecule has 0 spiro atoms. The standard InChI is InChI=1S/C20H17ClF3N5O/c1-11-6-7-16(25-10-11)29-15-8-9-28(12(2)18(15)26-27-29)19(30)13-4-3-5-14(17(13)21)20(22,23)24/h3-7,10,12H,8-9H2,1-2H3/t12-/m1/s1. The largest absolute Gasteiger partial charge is 0.417 e. The van der Waals surface area contributed by atoms with Gasteiger partial charge in [-0.2, -0.15) is 17.9 Å². The van der Waals surface area contributed by atoms with Crippen molar-refractivity contribution in [2.45, 2.75) is 32.5 Å². The van der Waals surface area contributed by atoms with E-state index in [0.29, 0.717) is 24.5 Å². The van der Waals surface area contributed by atoms with Crippen molar-refractivity contribution in [2.24, 2.45) is 0 Å². The Hall–Kier alpha value is -2.94. The highest BCUT2D eigenvalue weighted by Gasteiger charge is 2.37. The summed E-state index contributed by atoms with van der Waals surface area (Å²) in [5.74, 6) is 0.0366. The first-order chi connectivity index (χ1) is 14.2. The Morgan fingerprint density at radius 1 is 1.23 bits per heavy atom. The summed E-state index contributed by atoms with van der Waals surface area (Å²) in [5.41, 5.74) is 1.19. The molecule has 1 aromatic carbocycles. The average Bonchev–Trinajstić information content (AvgIpc) is 3.13. The number of carbonyl (C=O) groups excluding carboxylic acids is 1. The van der Waals surface area contributed by atoms with Crippen molar-refractivity contribution in [2.75, 3.05) is 6.54 Å². The third-order valence-electron chi connectivity index (χ3n) is 5.15. The molecule has 1 aliphatic heterocycles. The van der Waals surface area contributed by atoms with Gasteiger partial charge in [-0.15, -0.1) is 5.10 Å². The van der Waals surface area contributed by atoms with Crippen molar-refractivity contribution in [3.05, 3.63) is 69.6 Å². The maximum Gasteiger partial charge on any atom is 0.417 e. The van der Waals surface area contributed by atoms with Crippen molar-refractivity contribution in [1.29, 1.82) is 0 Å². The summed E-state index contributed by atoms with van der Waals surface area (Å²) in [6, 6.07) is 6.60. The van der Waals surface area contributed by atoms with Gasteiger partial charge in [-0.25, -0.2) is 4.98 Å². The number of aromatic nitrogens is 4. The Balaban J connectivity index is 1.66. The average molecular weight is 436 g/mol. The van der Waals surface area contributed by atoms with Crippen LogP contribution in [0.15, 0.2) is 36.5 Å². The number of carbonyl (C=O) groups is 1. The minimum atomic E-state index is -4.64. The smallest absolute Gasteiger partial charge is 0.330 e. The Morgan fingerprint density at radius 3 is 2.67 bits per heavy atom. The first-order valence-electron chi connectivity index (χ1n) is 9.22. The molecular formula is C20H17ClF3N5O. The van der Waals surface area contributed by atoms with E-state index in [-0.39, 0.29) is 5.56 Å². The normalized spacial score (nSPS) is 16.5. The number of aryl methyl sites for hydroxylation is 1. The number of benzene rings is 1. The maximum absolute atomic E-state index is 13.2. The summed E-state index contributed by atoms with van der Waals surface area (Å²) in [6.45, 7) is 3.98. The third kappa shape index (κ3) is 3.43. The van der Waals surface area contributed by atoms with Gasteiger partial charge in [-0.3, -0.25) is 4.79 Å². The SMILES string of the molecule is Cc1ccc(-n2nnc3c2CCN(C(=O)c2cccc(C(F)(F)F)c2Cl)[C@@H]3C)nc1. The van der Waals surface area contributed by atoms with Crippen LogP contribution in [-0.2, 0) is 12.6 Å². The fraction of sp³-hybridized carbons (Fsp3) is 0.300. The lowest BCUT2D eigenvalue weighted by Crippen LogP contribution is -2.39. The summed E-state index contributed by atoms with van der Waals surface area (Å²) in [6.07, 6.45) is -2.48. The molecule has 3 aromatic rings. The van der Waals surface area contributed by atoms with Crippen molar-refractivity contribution in [3.8, 4) is 5.82 Å². The van der Waals surface area contributed by atoms with Crippen LogP contribution in [0.4, 0.5) is 13.2 Å². The molecule has 2 aromatic heterocycles. The lowest BCUT2D eigenvalue weighted by atomic mass is 10.0. The third-order valence-corrected chi connectivity index (χ3v) is 5.56. The second kappa shape index (κ2) is 7.39. The number of amides is 1. The summed E-state index contributed by atoms with van der Waals surface area (Å²) in [7, 11) is 0. The monoisotopic (exact) mass is 435 g/mol. The van der Waals surface area contributed by atoms with E-state index in [4.69, 9.17) is 11.6 Å². The van der Waals surface area contributed by atoms with Gasteiger partial charge in [0.05, 0.1) is 27.9 Å². The molecule has 0 saturated heterocycles. The van der Waals surface area contributed by atoms with Crippen LogP contribution < -0.4 is 0 Å². The molecule has 0 fully saturated rings. The van der Waals surface area contributed by atoms with E-state index in [9.17, 15) is 18.0 Å². The predicted molar refractivity (Wildman–Crippen MR) is 104 cm³/mol. The van der Waals surface area contributed by atoms with Crippen LogP contribution in [0.5, 0.6) is 0 Å². The van der Waals surface area contributed by atoms with Crippen molar-refractivity contribution in [1.82, 2.24) is 24.9 Å². The fourth-order valence-electron chi connectivity index (χ4n) is 3.56. The van der Waals surface area contributed by atoms with Crippen LogP contribution in [0.1, 0.15) is 45.8 Å². The van der Waals surface area contributed by atoms with Gasteiger partial charge in [0.25, 0.3) is 5.91 Å². The van der Waals surface area contributed by atoms with Gasteiger partial charge >= 0.3 is 6.18 Å². The van der Waals surface area contributed by atoms with E-state index < -0.39 is 28.7 Å². The van der Waals surface area contributed by atoms with E-state index in [2.05, 4.69) is 15.3 Å². The highest BCUT2D eigenvalue weighted by Crippen LogP contribution is 2.38. The molecule has 0 unspecified atom stereocenters. The van der Waals surface area contributed by atoms with E-state index in [1.54, 1.807) is 17.8 Å². The zero-order valence-corrected chi connectivity index (χ0v) is 16.9. The quantitative estimate of drug-likeness (QED) is 0.598. The molecule has 30 heavy (non-hydrogen) atoms. The molecule has 1 aliphatic rings. The molecule has 0 radical (unpaired) electrons. The summed E-state index contributed by atoms with van der Waals surface area (Å²) < 4.78 is 41.1. The molecule has 0 bridgehead atoms. The number of hydrogen-bond acceptors (Lipinski definition) is 4. The number of pyridine rings is 1. The van der Waals surface area contributed by atoms with Gasteiger partial charge in [0.2, 0.25) is 0 Å². The molecule has 0 N–H and O–H groups in total.